The summed E-state index contributed by atoms with van der Waals surface area (Å²) in [4.78, 5) is 18.1. The maximum Gasteiger partial charge on any atom is 0.573 e. The highest BCUT2D eigenvalue weighted by Crippen LogP contribution is 2.38. The molecule has 1 saturated heterocycles. The molecule has 2 heterocycles. The molecule has 192 valence electrons. The molecule has 0 radical (unpaired) electrons. The van der Waals surface area contributed by atoms with Crippen molar-refractivity contribution in [3.8, 4) is 22.8 Å². The molecule has 11 heteroatoms. The number of aromatic hydroxyl groups is 1. The second-order valence-electron chi connectivity index (χ2n) is 8.39. The van der Waals surface area contributed by atoms with Gasteiger partial charge in [0.1, 0.15) is 0 Å². The fraction of sp³-hybridized carbons (Fsp3) is 0.192. The maximum absolute atomic E-state index is 14.2. The summed E-state index contributed by atoms with van der Waals surface area (Å²) in [6.45, 7) is 2.87. The summed E-state index contributed by atoms with van der Waals surface area (Å²) in [5.41, 5.74) is 2.31. The summed E-state index contributed by atoms with van der Waals surface area (Å²) >= 11 is 6.51. The molecule has 1 aromatic heterocycles. The molecule has 0 atom stereocenters. The lowest BCUT2D eigenvalue weighted by molar-refractivity contribution is -0.275. The first-order chi connectivity index (χ1) is 17.6. The standard InChI is InChI=1S/C26H19ClF4N2O4/c27-19-13-21-18(12-17(19)14-1-4-16(5-2-14)33-7-9-36-10-8-33)23(25(35)32-21)24(34)15-3-6-22(20(28)11-15)37-26(29,30)31/h1-6,11-13,32,35H,7-10H2. The van der Waals surface area contributed by atoms with Crippen molar-refractivity contribution >= 4 is 34.0 Å². The van der Waals surface area contributed by atoms with Gasteiger partial charge < -0.3 is 24.5 Å². The van der Waals surface area contributed by atoms with E-state index in [1.54, 1.807) is 12.1 Å². The van der Waals surface area contributed by atoms with Crippen LogP contribution in [0.4, 0.5) is 23.2 Å². The van der Waals surface area contributed by atoms with E-state index in [9.17, 15) is 27.5 Å². The predicted octanol–water partition coefficient (Wildman–Crippen LogP) is 6.30. The third-order valence-electron chi connectivity index (χ3n) is 6.07. The van der Waals surface area contributed by atoms with Gasteiger partial charge in [-0.3, -0.25) is 4.79 Å². The quantitative estimate of drug-likeness (QED) is 0.232. The highest BCUT2D eigenvalue weighted by molar-refractivity contribution is 6.34. The van der Waals surface area contributed by atoms with Gasteiger partial charge in [-0.1, -0.05) is 23.7 Å². The Labute approximate surface area is 213 Å². The lowest BCUT2D eigenvalue weighted by Crippen LogP contribution is -2.36. The number of aromatic amines is 1. The summed E-state index contributed by atoms with van der Waals surface area (Å²) < 4.78 is 60.6. The van der Waals surface area contributed by atoms with Crippen molar-refractivity contribution in [2.75, 3.05) is 31.2 Å². The van der Waals surface area contributed by atoms with Gasteiger partial charge in [0.15, 0.2) is 17.3 Å². The van der Waals surface area contributed by atoms with Crippen LogP contribution in [0.2, 0.25) is 5.02 Å². The minimum absolute atomic E-state index is 0.165. The molecule has 2 N–H and O–H groups in total. The fourth-order valence-electron chi connectivity index (χ4n) is 4.32. The molecule has 0 bridgehead atoms. The van der Waals surface area contributed by atoms with Gasteiger partial charge in [-0.25, -0.2) is 4.39 Å². The SMILES string of the molecule is O=C(c1ccc(OC(F)(F)F)c(F)c1)c1c(O)[nH]c2cc(Cl)c(-c3ccc(N4CCOCC4)cc3)cc12. The number of fused-ring (bicyclic) bond motifs is 1. The molecule has 0 spiro atoms. The first kappa shape index (κ1) is 24.9. The van der Waals surface area contributed by atoms with Gasteiger partial charge >= 0.3 is 6.36 Å². The number of aromatic nitrogens is 1. The average Bonchev–Trinajstić information content (AvgIpc) is 3.18. The zero-order valence-corrected chi connectivity index (χ0v) is 19.8. The maximum atomic E-state index is 14.2. The summed E-state index contributed by atoms with van der Waals surface area (Å²) in [5.74, 6) is -3.71. The van der Waals surface area contributed by atoms with Gasteiger partial charge in [0.05, 0.1) is 29.3 Å². The normalized spacial score (nSPS) is 14.2. The van der Waals surface area contributed by atoms with Gasteiger partial charge in [-0.05, 0) is 48.0 Å². The molecule has 5 rings (SSSR count). The van der Waals surface area contributed by atoms with Crippen molar-refractivity contribution in [2.45, 2.75) is 6.36 Å². The van der Waals surface area contributed by atoms with Crippen LogP contribution in [0.1, 0.15) is 15.9 Å². The Hall–Kier alpha value is -3.76. The number of nitrogens with one attached hydrogen (secondary N) is 1. The Bertz CT molecular complexity index is 1480. The number of hydrogen-bond donors (Lipinski definition) is 2. The Morgan fingerprint density at radius 2 is 1.76 bits per heavy atom. The Balaban J connectivity index is 1.50. The Morgan fingerprint density at radius 3 is 2.41 bits per heavy atom. The zero-order chi connectivity index (χ0) is 26.3. The molecule has 3 aromatic carbocycles. The fourth-order valence-corrected chi connectivity index (χ4v) is 4.59. The summed E-state index contributed by atoms with van der Waals surface area (Å²) in [6.07, 6.45) is -5.09. The second-order valence-corrected chi connectivity index (χ2v) is 8.80. The summed E-state index contributed by atoms with van der Waals surface area (Å²) in [7, 11) is 0. The van der Waals surface area contributed by atoms with Crippen LogP contribution in [0, 0.1) is 5.82 Å². The molecule has 1 fully saturated rings. The summed E-state index contributed by atoms with van der Waals surface area (Å²) in [5, 5.41) is 11.2. The highest BCUT2D eigenvalue weighted by Gasteiger charge is 2.33. The topological polar surface area (TPSA) is 74.8 Å². The van der Waals surface area contributed by atoms with E-state index in [0.717, 1.165) is 30.4 Å². The van der Waals surface area contributed by atoms with Crippen LogP contribution in [0.15, 0.2) is 54.6 Å². The van der Waals surface area contributed by atoms with Crippen LogP contribution in [-0.2, 0) is 4.74 Å². The molecular weight excluding hydrogens is 516 g/mol. The molecular formula is C26H19ClF4N2O4. The van der Waals surface area contributed by atoms with Crippen molar-refractivity contribution in [1.82, 2.24) is 4.98 Å². The number of hydrogen-bond acceptors (Lipinski definition) is 5. The van der Waals surface area contributed by atoms with Crippen molar-refractivity contribution in [3.05, 3.63) is 76.6 Å². The molecule has 0 saturated carbocycles. The second kappa shape index (κ2) is 9.60. The Kier molecular flexibility index (Phi) is 6.47. The number of rotatable bonds is 5. The molecule has 1 aliphatic heterocycles. The molecule has 4 aromatic rings. The van der Waals surface area contributed by atoms with Crippen molar-refractivity contribution in [2.24, 2.45) is 0 Å². The zero-order valence-electron chi connectivity index (χ0n) is 19.0. The van der Waals surface area contributed by atoms with Crippen LogP contribution < -0.4 is 9.64 Å². The first-order valence-corrected chi connectivity index (χ1v) is 11.6. The van der Waals surface area contributed by atoms with Crippen molar-refractivity contribution in [3.63, 3.8) is 0 Å². The lowest BCUT2D eigenvalue weighted by atomic mass is 9.98. The molecule has 37 heavy (non-hydrogen) atoms. The minimum atomic E-state index is -5.09. The average molecular weight is 535 g/mol. The van der Waals surface area contributed by atoms with E-state index in [1.165, 1.54) is 0 Å². The number of ketones is 1. The van der Waals surface area contributed by atoms with E-state index in [-0.39, 0.29) is 11.1 Å². The number of halogens is 5. The number of carbonyl (C=O) groups is 1. The van der Waals surface area contributed by atoms with Gasteiger partial charge in [0.2, 0.25) is 5.88 Å². The number of ether oxygens (including phenoxy) is 2. The summed E-state index contributed by atoms with van der Waals surface area (Å²) in [6, 6.07) is 13.2. The smallest absolute Gasteiger partial charge is 0.494 e. The van der Waals surface area contributed by atoms with Crippen LogP contribution in [0.5, 0.6) is 11.6 Å². The third kappa shape index (κ3) is 5.07. The van der Waals surface area contributed by atoms with Crippen LogP contribution in [-0.4, -0.2) is 48.5 Å². The van der Waals surface area contributed by atoms with E-state index in [0.29, 0.717) is 46.8 Å². The van der Waals surface area contributed by atoms with Crippen LogP contribution in [0.3, 0.4) is 0 Å². The molecule has 1 aliphatic rings. The number of H-pyrrole nitrogens is 1. The molecule has 0 unspecified atom stereocenters. The number of nitrogens with zero attached hydrogens (tertiary/aromatic N) is 1. The van der Waals surface area contributed by atoms with Crippen LogP contribution in [0.25, 0.3) is 22.0 Å². The minimum Gasteiger partial charge on any atom is -0.494 e. The van der Waals surface area contributed by atoms with Crippen molar-refractivity contribution in [1.29, 1.82) is 0 Å². The van der Waals surface area contributed by atoms with E-state index < -0.39 is 29.6 Å². The highest BCUT2D eigenvalue weighted by atomic mass is 35.5. The van der Waals surface area contributed by atoms with Crippen molar-refractivity contribution < 1.29 is 36.9 Å². The molecule has 0 aliphatic carbocycles. The molecule has 6 nitrogen and oxygen atoms in total. The number of carbonyl (C=O) groups excluding carboxylic acids is 1. The van der Waals surface area contributed by atoms with Crippen LogP contribution >= 0.6 is 11.6 Å². The van der Waals surface area contributed by atoms with Gasteiger partial charge in [-0.2, -0.15) is 0 Å². The Morgan fingerprint density at radius 1 is 1.05 bits per heavy atom. The van der Waals surface area contributed by atoms with E-state index in [4.69, 9.17) is 16.3 Å². The number of anilines is 1. The van der Waals surface area contributed by atoms with Gasteiger partial charge in [-0.15, -0.1) is 13.2 Å². The van der Waals surface area contributed by atoms with Gasteiger partial charge in [0, 0.05) is 35.3 Å². The van der Waals surface area contributed by atoms with E-state index >= 15 is 0 Å². The first-order valence-electron chi connectivity index (χ1n) is 11.2. The monoisotopic (exact) mass is 534 g/mol. The number of alkyl halides is 3. The van der Waals surface area contributed by atoms with E-state index in [1.807, 2.05) is 24.3 Å². The largest absolute Gasteiger partial charge is 0.573 e. The number of benzene rings is 3. The molecule has 0 amide bonds. The number of morpholine rings is 1. The van der Waals surface area contributed by atoms with E-state index in [2.05, 4.69) is 14.6 Å². The lowest BCUT2D eigenvalue weighted by Gasteiger charge is -2.29. The third-order valence-corrected chi connectivity index (χ3v) is 6.38. The predicted molar refractivity (Wildman–Crippen MR) is 130 cm³/mol. The van der Waals surface area contributed by atoms with Gasteiger partial charge in [0.25, 0.3) is 0 Å².